The zero-order valence-corrected chi connectivity index (χ0v) is 15.6. The summed E-state index contributed by atoms with van der Waals surface area (Å²) in [4.78, 5) is 17.9. The third kappa shape index (κ3) is 4.01. The van der Waals surface area contributed by atoms with Gasteiger partial charge in [-0.1, -0.05) is 0 Å². The van der Waals surface area contributed by atoms with E-state index in [4.69, 9.17) is 5.11 Å². The lowest BCUT2D eigenvalue weighted by Crippen LogP contribution is -2.43. The summed E-state index contributed by atoms with van der Waals surface area (Å²) in [6.45, 7) is 4.37. The summed E-state index contributed by atoms with van der Waals surface area (Å²) >= 11 is 0. The van der Waals surface area contributed by atoms with Gasteiger partial charge in [0.2, 0.25) is 0 Å². The van der Waals surface area contributed by atoms with Crippen LogP contribution in [0.4, 0.5) is 14.6 Å². The van der Waals surface area contributed by atoms with Gasteiger partial charge < -0.3 is 15.3 Å². The Balaban J connectivity index is 0.000000253. The van der Waals surface area contributed by atoms with E-state index in [1.165, 1.54) is 17.1 Å². The van der Waals surface area contributed by atoms with Crippen LogP contribution in [0.25, 0.3) is 0 Å². The summed E-state index contributed by atoms with van der Waals surface area (Å²) in [6, 6.07) is 0. The van der Waals surface area contributed by atoms with Crippen LogP contribution >= 0.6 is 0 Å². The molecule has 146 valence electrons. The predicted octanol–water partition coefficient (Wildman–Crippen LogP) is 2.30. The first-order valence-electron chi connectivity index (χ1n) is 8.76. The Morgan fingerprint density at radius 2 is 2.04 bits per heavy atom. The zero-order valence-electron chi connectivity index (χ0n) is 15.6. The zero-order chi connectivity index (χ0) is 19.8. The number of aromatic hydroxyl groups is 1. The standard InChI is InChI=1S/C14H17F2N3O.C4H6N2O/c1-8-9(2)12(18-10-6-17-13(20)11(8)10)19-5-3-4-14(15,16)7-19;1-6-3-4(7)2-5-6/h3-7H2,1-2H3,(H,17,20);2-3,7H,1H3. The molecule has 27 heavy (non-hydrogen) atoms. The number of fused-ring (bicyclic) bond motifs is 1. The van der Waals surface area contributed by atoms with Crippen LogP contribution < -0.4 is 10.2 Å². The molecule has 4 rings (SSSR count). The van der Waals surface area contributed by atoms with Gasteiger partial charge in [0.25, 0.3) is 11.8 Å². The van der Waals surface area contributed by atoms with Crippen LogP contribution in [0.15, 0.2) is 12.4 Å². The normalized spacial score (nSPS) is 17.8. The topological polar surface area (TPSA) is 83.3 Å². The van der Waals surface area contributed by atoms with E-state index in [9.17, 15) is 13.6 Å². The molecule has 4 heterocycles. The molecular formula is C18H23F2N5O2. The van der Waals surface area contributed by atoms with Crippen LogP contribution in [0.2, 0.25) is 0 Å². The summed E-state index contributed by atoms with van der Waals surface area (Å²) in [5.41, 5.74) is 2.93. The monoisotopic (exact) mass is 379 g/mol. The van der Waals surface area contributed by atoms with Crippen molar-refractivity contribution in [2.45, 2.75) is 39.2 Å². The quantitative estimate of drug-likeness (QED) is 0.794. The van der Waals surface area contributed by atoms with Crippen LogP contribution in [0, 0.1) is 13.8 Å². The molecule has 0 aliphatic carbocycles. The van der Waals surface area contributed by atoms with Crippen molar-refractivity contribution in [1.29, 1.82) is 0 Å². The van der Waals surface area contributed by atoms with Crippen LogP contribution in [0.3, 0.4) is 0 Å². The number of nitrogens with one attached hydrogen (secondary N) is 1. The molecule has 0 bridgehead atoms. The predicted molar refractivity (Wildman–Crippen MR) is 96.1 cm³/mol. The van der Waals surface area contributed by atoms with Gasteiger partial charge >= 0.3 is 0 Å². The molecule has 2 aliphatic heterocycles. The van der Waals surface area contributed by atoms with Crippen molar-refractivity contribution >= 4 is 11.7 Å². The lowest BCUT2D eigenvalue weighted by molar-refractivity contribution is -0.0119. The van der Waals surface area contributed by atoms with Crippen molar-refractivity contribution in [2.24, 2.45) is 7.05 Å². The number of pyridine rings is 1. The molecule has 0 spiro atoms. The number of hydrogen-bond acceptors (Lipinski definition) is 5. The van der Waals surface area contributed by atoms with Gasteiger partial charge in [0.1, 0.15) is 5.82 Å². The SMILES string of the molecule is Cc1c(N2CCCC(F)(F)C2)nc2c(c1C)C(=O)NC2.Cn1cc(O)cn1. The Bertz CT molecular complexity index is 849. The molecule has 2 aromatic heterocycles. The van der Waals surface area contributed by atoms with E-state index in [2.05, 4.69) is 15.4 Å². The van der Waals surface area contributed by atoms with Crippen LogP contribution in [0.5, 0.6) is 5.75 Å². The molecule has 0 unspecified atom stereocenters. The molecule has 0 saturated carbocycles. The molecule has 7 nitrogen and oxygen atoms in total. The maximum Gasteiger partial charge on any atom is 0.265 e. The number of nitrogens with zero attached hydrogens (tertiary/aromatic N) is 4. The lowest BCUT2D eigenvalue weighted by atomic mass is 10.0. The molecule has 1 amide bonds. The smallest absolute Gasteiger partial charge is 0.265 e. The van der Waals surface area contributed by atoms with E-state index < -0.39 is 5.92 Å². The Labute approximate surface area is 156 Å². The van der Waals surface area contributed by atoms with E-state index in [-0.39, 0.29) is 24.6 Å². The van der Waals surface area contributed by atoms with Gasteiger partial charge in [0.15, 0.2) is 5.75 Å². The number of carbonyl (C=O) groups excluding carboxylic acids is 1. The molecule has 0 radical (unpaired) electrons. The summed E-state index contributed by atoms with van der Waals surface area (Å²) in [7, 11) is 1.75. The van der Waals surface area contributed by atoms with Crippen molar-refractivity contribution in [3.63, 3.8) is 0 Å². The van der Waals surface area contributed by atoms with Gasteiger partial charge in [-0.25, -0.2) is 13.8 Å². The molecule has 1 saturated heterocycles. The molecule has 0 atom stereocenters. The summed E-state index contributed by atoms with van der Waals surface area (Å²) in [5.74, 6) is -1.98. The fourth-order valence-electron chi connectivity index (χ4n) is 3.38. The van der Waals surface area contributed by atoms with Gasteiger partial charge in [0.05, 0.1) is 36.7 Å². The number of hydrogen-bond donors (Lipinski definition) is 2. The molecule has 2 N–H and O–H groups in total. The Morgan fingerprint density at radius 1 is 1.30 bits per heavy atom. The Morgan fingerprint density at radius 3 is 2.59 bits per heavy atom. The highest BCUT2D eigenvalue weighted by Crippen LogP contribution is 2.33. The maximum atomic E-state index is 13.6. The van der Waals surface area contributed by atoms with Gasteiger partial charge in [-0.05, 0) is 31.4 Å². The lowest BCUT2D eigenvalue weighted by Gasteiger charge is -2.34. The van der Waals surface area contributed by atoms with E-state index >= 15 is 0 Å². The van der Waals surface area contributed by atoms with Gasteiger partial charge in [0, 0.05) is 20.0 Å². The highest BCUT2D eigenvalue weighted by molar-refractivity contribution is 5.99. The highest BCUT2D eigenvalue weighted by atomic mass is 19.3. The van der Waals surface area contributed by atoms with Gasteiger partial charge in [-0.3, -0.25) is 9.48 Å². The third-order valence-corrected chi connectivity index (χ3v) is 4.83. The first kappa shape index (κ1) is 19.1. The first-order chi connectivity index (χ1) is 12.7. The van der Waals surface area contributed by atoms with Crippen molar-refractivity contribution < 1.29 is 18.7 Å². The number of halogens is 2. The van der Waals surface area contributed by atoms with E-state index in [1.54, 1.807) is 11.9 Å². The van der Waals surface area contributed by atoms with Gasteiger partial charge in [-0.2, -0.15) is 5.10 Å². The average molecular weight is 379 g/mol. The van der Waals surface area contributed by atoms with Crippen LogP contribution in [-0.4, -0.2) is 44.8 Å². The van der Waals surface area contributed by atoms with Crippen LogP contribution in [0.1, 0.15) is 40.0 Å². The number of carbonyl (C=O) groups is 1. The Hall–Kier alpha value is -2.71. The van der Waals surface area contributed by atoms with Gasteiger partial charge in [-0.15, -0.1) is 0 Å². The largest absolute Gasteiger partial charge is 0.505 e. The fourth-order valence-corrected chi connectivity index (χ4v) is 3.38. The summed E-state index contributed by atoms with van der Waals surface area (Å²) in [5, 5.41) is 15.0. The number of anilines is 1. The van der Waals surface area contributed by atoms with E-state index in [0.29, 0.717) is 36.6 Å². The number of rotatable bonds is 1. The van der Waals surface area contributed by atoms with Crippen molar-refractivity contribution in [3.8, 4) is 5.75 Å². The third-order valence-electron chi connectivity index (χ3n) is 4.83. The fraction of sp³-hybridized carbons (Fsp3) is 0.500. The second kappa shape index (κ2) is 7.13. The van der Waals surface area contributed by atoms with E-state index in [1.807, 2.05) is 13.8 Å². The molecule has 2 aromatic rings. The number of aromatic nitrogens is 3. The average Bonchev–Trinajstić information content (AvgIpc) is 3.15. The van der Waals surface area contributed by atoms with Crippen LogP contribution in [-0.2, 0) is 13.6 Å². The van der Waals surface area contributed by atoms with Crippen molar-refractivity contribution in [2.75, 3.05) is 18.0 Å². The minimum Gasteiger partial charge on any atom is -0.505 e. The second-order valence-corrected chi connectivity index (χ2v) is 6.94. The Kier molecular flexibility index (Phi) is 5.03. The maximum absolute atomic E-state index is 13.6. The summed E-state index contributed by atoms with van der Waals surface area (Å²) in [6.07, 6.45) is 3.31. The number of amides is 1. The second-order valence-electron chi connectivity index (χ2n) is 6.94. The minimum absolute atomic E-state index is 0.0630. The molecule has 0 aromatic carbocycles. The highest BCUT2D eigenvalue weighted by Gasteiger charge is 2.37. The summed E-state index contributed by atoms with van der Waals surface area (Å²) < 4.78 is 28.7. The molecule has 1 fully saturated rings. The number of piperidine rings is 1. The number of alkyl halides is 2. The van der Waals surface area contributed by atoms with E-state index in [0.717, 1.165) is 11.1 Å². The number of aryl methyl sites for hydroxylation is 1. The molecule has 9 heteroatoms. The molecular weight excluding hydrogens is 356 g/mol. The minimum atomic E-state index is -2.66. The first-order valence-corrected chi connectivity index (χ1v) is 8.76. The van der Waals surface area contributed by atoms with Crippen molar-refractivity contribution in [1.82, 2.24) is 20.1 Å². The van der Waals surface area contributed by atoms with Crippen molar-refractivity contribution in [3.05, 3.63) is 34.8 Å². The molecule has 2 aliphatic rings.